The molecule has 0 spiro atoms. The summed E-state index contributed by atoms with van der Waals surface area (Å²) in [5.74, 6) is 0. The highest BCUT2D eigenvalue weighted by Gasteiger charge is 2.22. The Bertz CT molecular complexity index is 174. The SMILES string of the molecule is CCCN(CC(C)(C)CNC(C)C)C(C)C. The monoisotopic (exact) mass is 228 g/mol. The first-order valence-corrected chi connectivity index (χ1v) is 6.76. The fraction of sp³-hybridized carbons (Fsp3) is 1.00. The Kier molecular flexibility index (Phi) is 7.25. The lowest BCUT2D eigenvalue weighted by molar-refractivity contribution is 0.140. The van der Waals surface area contributed by atoms with Crippen molar-refractivity contribution >= 4 is 0 Å². The summed E-state index contributed by atoms with van der Waals surface area (Å²) in [5, 5.41) is 3.55. The van der Waals surface area contributed by atoms with Crippen LogP contribution in [0.4, 0.5) is 0 Å². The van der Waals surface area contributed by atoms with Crippen molar-refractivity contribution in [3.05, 3.63) is 0 Å². The zero-order valence-corrected chi connectivity index (χ0v) is 12.4. The Labute approximate surface area is 103 Å². The van der Waals surface area contributed by atoms with E-state index in [1.807, 2.05) is 0 Å². The first-order chi connectivity index (χ1) is 7.28. The van der Waals surface area contributed by atoms with Crippen LogP contribution in [0.3, 0.4) is 0 Å². The Morgan fingerprint density at radius 1 is 1.12 bits per heavy atom. The summed E-state index contributed by atoms with van der Waals surface area (Å²) in [4.78, 5) is 2.59. The maximum atomic E-state index is 3.55. The van der Waals surface area contributed by atoms with Gasteiger partial charge in [-0.1, -0.05) is 34.6 Å². The molecule has 16 heavy (non-hydrogen) atoms. The first-order valence-electron chi connectivity index (χ1n) is 6.76. The highest BCUT2D eigenvalue weighted by molar-refractivity contribution is 4.78. The van der Waals surface area contributed by atoms with E-state index in [4.69, 9.17) is 0 Å². The summed E-state index contributed by atoms with van der Waals surface area (Å²) in [6.07, 6.45) is 1.24. The second-order valence-corrected chi connectivity index (χ2v) is 6.26. The van der Waals surface area contributed by atoms with Crippen LogP contribution in [0.5, 0.6) is 0 Å². The summed E-state index contributed by atoms with van der Waals surface area (Å²) in [7, 11) is 0. The lowest BCUT2D eigenvalue weighted by Gasteiger charge is -2.35. The van der Waals surface area contributed by atoms with Gasteiger partial charge in [-0.3, -0.25) is 0 Å². The lowest BCUT2D eigenvalue weighted by atomic mass is 9.91. The molecule has 2 heteroatoms. The van der Waals surface area contributed by atoms with Gasteiger partial charge in [0.05, 0.1) is 0 Å². The van der Waals surface area contributed by atoms with Gasteiger partial charge in [0.1, 0.15) is 0 Å². The Hall–Kier alpha value is -0.0800. The molecule has 0 aliphatic carbocycles. The van der Waals surface area contributed by atoms with Gasteiger partial charge in [0.15, 0.2) is 0 Å². The summed E-state index contributed by atoms with van der Waals surface area (Å²) < 4.78 is 0. The molecule has 0 aliphatic rings. The number of rotatable bonds is 8. The molecule has 0 bridgehead atoms. The number of hydrogen-bond donors (Lipinski definition) is 1. The molecule has 0 aromatic rings. The van der Waals surface area contributed by atoms with Crippen LogP contribution in [0.15, 0.2) is 0 Å². The van der Waals surface area contributed by atoms with Gasteiger partial charge < -0.3 is 10.2 Å². The minimum absolute atomic E-state index is 0.351. The second-order valence-electron chi connectivity index (χ2n) is 6.26. The van der Waals surface area contributed by atoms with Crippen molar-refractivity contribution in [1.29, 1.82) is 0 Å². The molecule has 0 rings (SSSR count). The first kappa shape index (κ1) is 15.9. The molecule has 0 aromatic heterocycles. The van der Waals surface area contributed by atoms with E-state index >= 15 is 0 Å². The van der Waals surface area contributed by atoms with Crippen molar-refractivity contribution in [2.45, 2.75) is 67.0 Å². The molecule has 98 valence electrons. The van der Waals surface area contributed by atoms with Gasteiger partial charge in [0, 0.05) is 25.2 Å². The van der Waals surface area contributed by atoms with Crippen LogP contribution in [-0.4, -0.2) is 36.6 Å². The van der Waals surface area contributed by atoms with Crippen molar-refractivity contribution < 1.29 is 0 Å². The van der Waals surface area contributed by atoms with Gasteiger partial charge in [-0.15, -0.1) is 0 Å². The van der Waals surface area contributed by atoms with Gasteiger partial charge in [-0.2, -0.15) is 0 Å². The van der Waals surface area contributed by atoms with E-state index in [0.717, 1.165) is 6.54 Å². The molecule has 0 saturated heterocycles. The van der Waals surface area contributed by atoms with Crippen molar-refractivity contribution in [3.8, 4) is 0 Å². The quantitative estimate of drug-likeness (QED) is 0.686. The van der Waals surface area contributed by atoms with Gasteiger partial charge >= 0.3 is 0 Å². The molecule has 2 nitrogen and oxygen atoms in total. The normalized spacial score (nSPS) is 13.1. The molecule has 0 aromatic carbocycles. The van der Waals surface area contributed by atoms with Crippen LogP contribution in [0, 0.1) is 5.41 Å². The van der Waals surface area contributed by atoms with Crippen LogP contribution in [0.1, 0.15) is 54.9 Å². The smallest absolute Gasteiger partial charge is 0.00475 e. The summed E-state index contributed by atoms with van der Waals surface area (Å²) in [6.45, 7) is 19.5. The molecular formula is C14H32N2. The highest BCUT2D eigenvalue weighted by atomic mass is 15.2. The van der Waals surface area contributed by atoms with Crippen LogP contribution in [0.25, 0.3) is 0 Å². The predicted octanol–water partition coefficient (Wildman–Crippen LogP) is 3.13. The largest absolute Gasteiger partial charge is 0.314 e. The number of nitrogens with zero attached hydrogens (tertiary/aromatic N) is 1. The zero-order chi connectivity index (χ0) is 12.8. The topological polar surface area (TPSA) is 15.3 Å². The van der Waals surface area contributed by atoms with Gasteiger partial charge in [0.25, 0.3) is 0 Å². The van der Waals surface area contributed by atoms with E-state index in [9.17, 15) is 0 Å². The fourth-order valence-corrected chi connectivity index (χ4v) is 1.89. The Morgan fingerprint density at radius 2 is 1.69 bits per heavy atom. The maximum absolute atomic E-state index is 3.55. The number of nitrogens with one attached hydrogen (secondary N) is 1. The summed E-state index contributed by atoms with van der Waals surface area (Å²) >= 11 is 0. The van der Waals surface area contributed by atoms with E-state index < -0.39 is 0 Å². The third-order valence-electron chi connectivity index (χ3n) is 2.86. The van der Waals surface area contributed by atoms with Crippen LogP contribution >= 0.6 is 0 Å². The fourth-order valence-electron chi connectivity index (χ4n) is 1.89. The molecule has 0 fully saturated rings. The van der Waals surface area contributed by atoms with Crippen molar-refractivity contribution in [3.63, 3.8) is 0 Å². The van der Waals surface area contributed by atoms with E-state index in [1.54, 1.807) is 0 Å². The predicted molar refractivity (Wildman–Crippen MR) is 73.9 cm³/mol. The molecule has 1 N–H and O–H groups in total. The van der Waals surface area contributed by atoms with Crippen LogP contribution in [0.2, 0.25) is 0 Å². The molecule has 0 atom stereocenters. The van der Waals surface area contributed by atoms with Crippen molar-refractivity contribution in [2.24, 2.45) is 5.41 Å². The Balaban J connectivity index is 4.18. The minimum Gasteiger partial charge on any atom is -0.314 e. The number of hydrogen-bond acceptors (Lipinski definition) is 2. The highest BCUT2D eigenvalue weighted by Crippen LogP contribution is 2.18. The van der Waals surface area contributed by atoms with E-state index in [-0.39, 0.29) is 0 Å². The summed E-state index contributed by atoms with van der Waals surface area (Å²) in [5.41, 5.74) is 0.351. The molecule has 0 saturated carbocycles. The minimum atomic E-state index is 0.351. The molecule has 0 amide bonds. The van der Waals surface area contributed by atoms with Gasteiger partial charge in [0.2, 0.25) is 0 Å². The molecule has 0 radical (unpaired) electrons. The maximum Gasteiger partial charge on any atom is 0.00475 e. The molecular weight excluding hydrogens is 196 g/mol. The van der Waals surface area contributed by atoms with E-state index in [1.165, 1.54) is 19.5 Å². The van der Waals surface area contributed by atoms with E-state index in [0.29, 0.717) is 17.5 Å². The van der Waals surface area contributed by atoms with Crippen molar-refractivity contribution in [1.82, 2.24) is 10.2 Å². The molecule has 0 aliphatic heterocycles. The van der Waals surface area contributed by atoms with Crippen molar-refractivity contribution in [2.75, 3.05) is 19.6 Å². The van der Waals surface area contributed by atoms with E-state index in [2.05, 4.69) is 58.7 Å². The van der Waals surface area contributed by atoms with Gasteiger partial charge in [-0.25, -0.2) is 0 Å². The summed E-state index contributed by atoms with van der Waals surface area (Å²) in [6, 6.07) is 1.23. The average molecular weight is 228 g/mol. The molecule has 0 unspecified atom stereocenters. The standard InChI is InChI=1S/C14H32N2/c1-8-9-16(13(4)5)11-14(6,7)10-15-12(2)3/h12-13,15H,8-11H2,1-7H3. The lowest BCUT2D eigenvalue weighted by Crippen LogP contribution is -2.44. The van der Waals surface area contributed by atoms with Crippen LogP contribution in [-0.2, 0) is 0 Å². The molecule has 0 heterocycles. The zero-order valence-electron chi connectivity index (χ0n) is 12.4. The van der Waals surface area contributed by atoms with Gasteiger partial charge in [-0.05, 0) is 32.2 Å². The second kappa shape index (κ2) is 7.29. The average Bonchev–Trinajstić information content (AvgIpc) is 2.14. The third-order valence-corrected chi connectivity index (χ3v) is 2.86. The van der Waals surface area contributed by atoms with Crippen LogP contribution < -0.4 is 5.32 Å². The Morgan fingerprint density at radius 3 is 2.06 bits per heavy atom. The third kappa shape index (κ3) is 7.24.